The van der Waals surface area contributed by atoms with E-state index in [1.165, 1.54) is 0 Å². The van der Waals surface area contributed by atoms with Crippen LogP contribution in [0, 0.1) is 0 Å². The van der Waals surface area contributed by atoms with Gasteiger partial charge in [-0.25, -0.2) is 0 Å². The van der Waals surface area contributed by atoms with Crippen LogP contribution in [0.15, 0.2) is 24.3 Å². The van der Waals surface area contributed by atoms with Crippen LogP contribution in [0.4, 0.5) is 0 Å². The molecule has 1 saturated heterocycles. The van der Waals surface area contributed by atoms with Crippen molar-refractivity contribution in [3.8, 4) is 5.75 Å². The number of nitrogens with one attached hydrogen (secondary N) is 1. The molecule has 0 bridgehead atoms. The summed E-state index contributed by atoms with van der Waals surface area (Å²) < 4.78 is 5.12. The minimum atomic E-state index is -2.01. The predicted octanol–water partition coefficient (Wildman–Crippen LogP) is 2.27. The van der Waals surface area contributed by atoms with Crippen LogP contribution in [0.3, 0.4) is 0 Å². The number of carbonyl (C=O) groups is 1. The van der Waals surface area contributed by atoms with Crippen molar-refractivity contribution >= 4 is 39.8 Å². The summed E-state index contributed by atoms with van der Waals surface area (Å²) in [4.78, 5) is 11.6. The number of methoxy groups -OCH3 is 1. The van der Waals surface area contributed by atoms with Gasteiger partial charge in [0.25, 0.3) is 0 Å². The van der Waals surface area contributed by atoms with E-state index in [1.54, 1.807) is 18.5 Å². The first kappa shape index (κ1) is 12.9. The fourth-order valence-corrected chi connectivity index (χ4v) is 8.62. The molecule has 6 heteroatoms. The number of carbonyl (C=O) groups excluding carboxylic acids is 1. The van der Waals surface area contributed by atoms with Gasteiger partial charge >= 0.3 is 0 Å². The lowest BCUT2D eigenvalue weighted by molar-refractivity contribution is -0.119. The van der Waals surface area contributed by atoms with Crippen molar-refractivity contribution in [2.75, 3.05) is 7.11 Å². The monoisotopic (exact) mass is 287 g/mol. The number of hydrogen-bond acceptors (Lipinski definition) is 4. The topological polar surface area (TPSA) is 38.3 Å². The Labute approximate surface area is 110 Å². The van der Waals surface area contributed by atoms with Crippen molar-refractivity contribution in [1.29, 1.82) is 0 Å². The summed E-state index contributed by atoms with van der Waals surface area (Å²) >= 11 is 7.37. The van der Waals surface area contributed by atoms with Crippen LogP contribution in [0.25, 0.3) is 0 Å². The van der Waals surface area contributed by atoms with E-state index in [9.17, 15) is 4.79 Å². The van der Waals surface area contributed by atoms with Gasteiger partial charge in [-0.05, 0) is 24.3 Å². The van der Waals surface area contributed by atoms with Gasteiger partial charge in [0.15, 0.2) is 0 Å². The second-order valence-electron chi connectivity index (χ2n) is 3.90. The molecule has 0 radical (unpaired) electrons. The average Bonchev–Trinajstić information content (AvgIpc) is 2.27. The maximum atomic E-state index is 11.6. The molecule has 2 unspecified atom stereocenters. The Morgan fingerprint density at radius 1 is 1.47 bits per heavy atom. The van der Waals surface area contributed by atoms with E-state index >= 15 is 0 Å². The molecule has 1 aromatic carbocycles. The van der Waals surface area contributed by atoms with Crippen LogP contribution in [0.2, 0.25) is 0 Å². The summed E-state index contributed by atoms with van der Waals surface area (Å²) in [5, 5.41) is 2.29. The fraction of sp³-hybridized carbons (Fsp3) is 0.364. The van der Waals surface area contributed by atoms with Crippen LogP contribution >= 0.6 is 16.8 Å². The van der Waals surface area contributed by atoms with Gasteiger partial charge in [-0.2, -0.15) is 0 Å². The summed E-state index contributed by atoms with van der Waals surface area (Å²) in [6.45, 7) is 2.05. The van der Waals surface area contributed by atoms with E-state index in [-0.39, 0.29) is 11.2 Å². The Bertz CT molecular complexity index is 475. The molecule has 2 atom stereocenters. The predicted molar refractivity (Wildman–Crippen MR) is 76.7 cm³/mol. The second kappa shape index (κ2) is 5.01. The Morgan fingerprint density at radius 3 is 2.65 bits per heavy atom. The molecule has 2 rings (SSSR count). The van der Waals surface area contributed by atoms with Crippen LogP contribution < -0.4 is 15.1 Å². The molecule has 0 aromatic heterocycles. The lowest BCUT2D eigenvalue weighted by atomic mass is 10.3. The first-order valence-corrected chi connectivity index (χ1v) is 9.56. The quantitative estimate of drug-likeness (QED) is 0.847. The highest BCUT2D eigenvalue weighted by Crippen LogP contribution is 2.59. The molecule has 1 N–H and O–H groups in total. The fourth-order valence-electron chi connectivity index (χ4n) is 1.69. The van der Waals surface area contributed by atoms with Crippen molar-refractivity contribution in [2.24, 2.45) is 0 Å². The van der Waals surface area contributed by atoms with Gasteiger partial charge in [0.1, 0.15) is 11.1 Å². The van der Waals surface area contributed by atoms with Crippen molar-refractivity contribution in [2.45, 2.75) is 18.6 Å². The van der Waals surface area contributed by atoms with Gasteiger partial charge in [0.05, 0.1) is 7.11 Å². The molecule has 0 spiro atoms. The molecule has 17 heavy (non-hydrogen) atoms. The maximum absolute atomic E-state index is 11.6. The molecule has 0 saturated carbocycles. The number of benzene rings is 1. The van der Waals surface area contributed by atoms with E-state index < -0.39 is 5.39 Å². The van der Waals surface area contributed by atoms with E-state index in [0.29, 0.717) is 6.42 Å². The van der Waals surface area contributed by atoms with Crippen molar-refractivity contribution in [3.05, 3.63) is 24.3 Å². The van der Waals surface area contributed by atoms with Crippen molar-refractivity contribution < 1.29 is 9.53 Å². The number of ether oxygens (including phenoxy) is 1. The molecule has 1 heterocycles. The zero-order chi connectivity index (χ0) is 12.5. The maximum Gasteiger partial charge on any atom is 0.225 e. The zero-order valence-electron chi connectivity index (χ0n) is 9.67. The van der Waals surface area contributed by atoms with Crippen molar-refractivity contribution in [3.63, 3.8) is 0 Å². The third kappa shape index (κ3) is 2.84. The average molecular weight is 287 g/mol. The molecular formula is C11H14NO2PS2. The van der Waals surface area contributed by atoms with Gasteiger partial charge in [0, 0.05) is 17.0 Å². The van der Waals surface area contributed by atoms with Gasteiger partial charge in [-0.15, -0.1) is 0 Å². The van der Waals surface area contributed by atoms with Crippen molar-refractivity contribution in [1.82, 2.24) is 5.09 Å². The van der Waals surface area contributed by atoms with Crippen LogP contribution in [0.1, 0.15) is 13.3 Å². The van der Waals surface area contributed by atoms with Crippen LogP contribution in [-0.4, -0.2) is 18.3 Å². The van der Waals surface area contributed by atoms with Gasteiger partial charge in [-0.3, -0.25) is 4.79 Å². The van der Waals surface area contributed by atoms with E-state index in [4.69, 9.17) is 16.5 Å². The highest BCUT2D eigenvalue weighted by atomic mass is 32.9. The highest BCUT2D eigenvalue weighted by Gasteiger charge is 2.31. The Hall–Kier alpha value is -0.510. The first-order valence-electron chi connectivity index (χ1n) is 5.28. The van der Waals surface area contributed by atoms with E-state index in [0.717, 1.165) is 11.1 Å². The molecule has 0 aliphatic carbocycles. The number of hydrogen-bond donors (Lipinski definition) is 1. The Morgan fingerprint density at radius 2 is 2.12 bits per heavy atom. The van der Waals surface area contributed by atoms with Gasteiger partial charge < -0.3 is 9.82 Å². The number of amides is 1. The molecule has 1 aliphatic rings. The SMILES string of the molecule is COc1ccc(P2(=S)NC(=O)CC(C)S2)cc1. The minimum Gasteiger partial charge on any atom is -0.497 e. The van der Waals surface area contributed by atoms with E-state index in [2.05, 4.69) is 5.09 Å². The summed E-state index contributed by atoms with van der Waals surface area (Å²) in [7, 11) is 1.63. The standard InChI is InChI=1S/C11H14NO2PS2/c1-8-7-11(13)12-15(16,17-8)10-5-3-9(14-2)4-6-10/h3-6,8H,7H2,1-2H3,(H,12,13,16). The molecule has 1 amide bonds. The van der Waals surface area contributed by atoms with Gasteiger partial charge in [-0.1, -0.05) is 30.1 Å². The molecular weight excluding hydrogens is 273 g/mol. The summed E-state index contributed by atoms with van der Waals surface area (Å²) in [6.07, 6.45) is 0.555. The third-order valence-corrected chi connectivity index (χ3v) is 9.39. The van der Waals surface area contributed by atoms with Gasteiger partial charge in [0.2, 0.25) is 5.91 Å². The molecule has 1 fully saturated rings. The molecule has 1 aliphatic heterocycles. The summed E-state index contributed by atoms with van der Waals surface area (Å²) in [5.74, 6) is 0.868. The minimum absolute atomic E-state index is 0.0652. The largest absolute Gasteiger partial charge is 0.497 e. The summed E-state index contributed by atoms with van der Waals surface area (Å²) in [5.41, 5.74) is 0. The molecule has 92 valence electrons. The summed E-state index contributed by atoms with van der Waals surface area (Å²) in [6, 6.07) is 7.67. The first-order chi connectivity index (χ1) is 8.03. The Kier molecular flexibility index (Phi) is 3.81. The second-order valence-corrected chi connectivity index (χ2v) is 11.4. The Balaban J connectivity index is 2.30. The van der Waals surface area contributed by atoms with E-state index in [1.807, 2.05) is 31.2 Å². The smallest absolute Gasteiger partial charge is 0.225 e. The lowest BCUT2D eigenvalue weighted by Crippen LogP contribution is -2.31. The normalized spacial score (nSPS) is 28.6. The lowest BCUT2D eigenvalue weighted by Gasteiger charge is -2.30. The molecule has 1 aromatic rings. The zero-order valence-corrected chi connectivity index (χ0v) is 12.2. The van der Waals surface area contributed by atoms with Crippen LogP contribution in [0.5, 0.6) is 5.75 Å². The molecule has 3 nitrogen and oxygen atoms in total. The highest BCUT2D eigenvalue weighted by molar-refractivity contribution is 8.72. The third-order valence-electron chi connectivity index (χ3n) is 2.49. The van der Waals surface area contributed by atoms with Crippen LogP contribution in [-0.2, 0) is 16.6 Å². The number of rotatable bonds is 2.